The summed E-state index contributed by atoms with van der Waals surface area (Å²) in [5.74, 6) is 2.87. The molecule has 0 aromatic heterocycles. The first kappa shape index (κ1) is 73.4. The molecule has 0 aromatic rings. The van der Waals surface area contributed by atoms with Crippen LogP contribution in [0.2, 0.25) is 0 Å². The molecule has 10 rings (SSSR count). The highest BCUT2D eigenvalue weighted by Gasteiger charge is 2.17. The third-order valence-corrected chi connectivity index (χ3v) is 17.5. The summed E-state index contributed by atoms with van der Waals surface area (Å²) in [4.78, 5) is 26.0. The molecule has 0 amide bonds. The first-order valence-electron chi connectivity index (χ1n) is 31.4. The van der Waals surface area contributed by atoms with Gasteiger partial charge in [-0.3, -0.25) is 19.6 Å². The molecule has 456 valence electrons. The zero-order valence-corrected chi connectivity index (χ0v) is 55.1. The van der Waals surface area contributed by atoms with Gasteiger partial charge in [0.25, 0.3) is 0 Å². The Hall–Kier alpha value is -0.600. The summed E-state index contributed by atoms with van der Waals surface area (Å²) in [5, 5.41) is 9.01. The molecule has 10 fully saturated rings. The van der Waals surface area contributed by atoms with Gasteiger partial charge in [-0.15, -0.1) is 0 Å². The van der Waals surface area contributed by atoms with E-state index < -0.39 is 0 Å². The number of piperazine rings is 1. The molecular formula is C61H137N15. The van der Waals surface area contributed by atoms with Gasteiger partial charge in [-0.05, 0) is 232 Å². The Morgan fingerprint density at radius 2 is 0.500 bits per heavy atom. The molecule has 0 bridgehead atoms. The fourth-order valence-electron chi connectivity index (χ4n) is 10.9. The van der Waals surface area contributed by atoms with Crippen LogP contribution in [0.1, 0.15) is 125 Å². The molecule has 10 saturated heterocycles. The van der Waals surface area contributed by atoms with Gasteiger partial charge in [-0.2, -0.15) is 0 Å². The van der Waals surface area contributed by atoms with E-state index in [1.165, 1.54) is 221 Å². The first-order valence-corrected chi connectivity index (χ1v) is 31.4. The fraction of sp³-hybridized carbons (Fsp3) is 1.00. The van der Waals surface area contributed by atoms with Crippen LogP contribution in [-0.4, -0.2) is 336 Å². The molecule has 10 aliphatic rings. The minimum absolute atomic E-state index is 0.837. The summed E-state index contributed by atoms with van der Waals surface area (Å²) in [6.07, 6.45) is 19.4. The van der Waals surface area contributed by atoms with Crippen LogP contribution in [-0.2, 0) is 0 Å². The number of hydrogen-bond donors (Lipinski definition) is 0. The third-order valence-electron chi connectivity index (χ3n) is 17.5. The zero-order chi connectivity index (χ0) is 57.0. The number of hydrogen-bond acceptors (Lipinski definition) is 15. The van der Waals surface area contributed by atoms with Crippen LogP contribution in [0, 0.1) is 17.8 Å². The van der Waals surface area contributed by atoms with Crippen LogP contribution in [0.5, 0.6) is 0 Å². The maximum Gasteiger partial charge on any atom is 0.0501 e. The molecule has 4 unspecified atom stereocenters. The molecule has 0 aromatic carbocycles. The smallest absolute Gasteiger partial charge is 0.0501 e. The normalized spacial score (nSPS) is 29.2. The number of rotatable bonds is 0. The van der Waals surface area contributed by atoms with Gasteiger partial charge in [-0.25, -0.2) is 20.0 Å². The van der Waals surface area contributed by atoms with Crippen LogP contribution in [0.15, 0.2) is 0 Å². The van der Waals surface area contributed by atoms with Gasteiger partial charge in [0.15, 0.2) is 0 Å². The SMILES string of the molecule is CC1CCCCN1C.CC1CCCN(C)C1.CC1CCCN1C.CC1CCN(C)C1.CC1CCN(C)CC1.CN1CCCCN1C.CN1CCCN(C)C1.CN1CCCN1C.CN1CCN(C)C1.CN1CCN(C)CC1. The Kier molecular flexibility index (Phi) is 42.5. The van der Waals surface area contributed by atoms with E-state index in [-0.39, 0.29) is 0 Å². The Balaban J connectivity index is 0.000000422. The molecule has 76 heavy (non-hydrogen) atoms. The average Bonchev–Trinajstić information content (AvgIpc) is 4.17. The summed E-state index contributed by atoms with van der Waals surface area (Å²) in [6.45, 7) is 39.2. The maximum atomic E-state index is 2.43. The highest BCUT2D eigenvalue weighted by atomic mass is 15.6. The Bertz CT molecular complexity index is 1120. The van der Waals surface area contributed by atoms with E-state index in [2.05, 4.69) is 214 Å². The molecule has 0 spiro atoms. The van der Waals surface area contributed by atoms with Crippen molar-refractivity contribution in [3.8, 4) is 0 Å². The molecule has 10 aliphatic heterocycles. The van der Waals surface area contributed by atoms with Crippen molar-refractivity contribution in [2.75, 3.05) is 250 Å². The van der Waals surface area contributed by atoms with Crippen molar-refractivity contribution >= 4 is 0 Å². The number of piperidine rings is 3. The lowest BCUT2D eigenvalue weighted by molar-refractivity contribution is -0.00111. The van der Waals surface area contributed by atoms with E-state index in [9.17, 15) is 0 Å². The van der Waals surface area contributed by atoms with Gasteiger partial charge in [0.2, 0.25) is 0 Å². The number of hydrazine groups is 2. The quantitative estimate of drug-likeness (QED) is 0.254. The lowest BCUT2D eigenvalue weighted by atomic mass is 10.00. The summed E-state index contributed by atoms with van der Waals surface area (Å²) in [5.41, 5.74) is 0. The van der Waals surface area contributed by atoms with Crippen molar-refractivity contribution in [1.82, 2.24) is 73.9 Å². The van der Waals surface area contributed by atoms with E-state index in [4.69, 9.17) is 0 Å². The fourth-order valence-corrected chi connectivity index (χ4v) is 10.9. The van der Waals surface area contributed by atoms with Crippen LogP contribution in [0.4, 0.5) is 0 Å². The minimum Gasteiger partial charge on any atom is -0.306 e. The van der Waals surface area contributed by atoms with Gasteiger partial charge in [0.05, 0.1) is 13.3 Å². The molecule has 0 aliphatic carbocycles. The molecule has 15 nitrogen and oxygen atoms in total. The van der Waals surface area contributed by atoms with Gasteiger partial charge in [0, 0.05) is 132 Å². The minimum atomic E-state index is 0.837. The molecule has 0 radical (unpaired) electrons. The van der Waals surface area contributed by atoms with Crippen LogP contribution >= 0.6 is 0 Å². The number of likely N-dealkylation sites (N-methyl/N-ethyl adjacent to an activating group) is 4. The third kappa shape index (κ3) is 38.9. The summed E-state index contributed by atoms with van der Waals surface area (Å²) in [7, 11) is 32.5. The number of likely N-dealkylation sites (tertiary alicyclic amines) is 5. The van der Waals surface area contributed by atoms with E-state index in [1.807, 2.05) is 0 Å². The lowest BCUT2D eigenvalue weighted by Crippen LogP contribution is -2.42. The van der Waals surface area contributed by atoms with Crippen molar-refractivity contribution in [3.63, 3.8) is 0 Å². The zero-order valence-electron chi connectivity index (χ0n) is 55.1. The molecule has 4 atom stereocenters. The summed E-state index contributed by atoms with van der Waals surface area (Å²) < 4.78 is 0. The molecule has 15 heteroatoms. The van der Waals surface area contributed by atoms with E-state index in [0.717, 1.165) is 43.2 Å². The second kappa shape index (κ2) is 44.0. The topological polar surface area (TPSA) is 48.6 Å². The predicted octanol–water partition coefficient (Wildman–Crippen LogP) is 6.87. The van der Waals surface area contributed by atoms with E-state index in [1.54, 1.807) is 0 Å². The van der Waals surface area contributed by atoms with Crippen LogP contribution < -0.4 is 0 Å². The van der Waals surface area contributed by atoms with Gasteiger partial charge in [-0.1, -0.05) is 27.2 Å². The van der Waals surface area contributed by atoms with Crippen molar-refractivity contribution in [2.45, 2.75) is 137 Å². The van der Waals surface area contributed by atoms with Crippen molar-refractivity contribution in [2.24, 2.45) is 17.8 Å². The monoisotopic (exact) mass is 1080 g/mol. The molecule has 0 N–H and O–H groups in total. The number of nitrogens with zero attached hydrogens (tertiary/aromatic N) is 15. The van der Waals surface area contributed by atoms with E-state index >= 15 is 0 Å². The maximum absolute atomic E-state index is 2.43. The van der Waals surface area contributed by atoms with Crippen LogP contribution in [0.25, 0.3) is 0 Å². The largest absolute Gasteiger partial charge is 0.306 e. The summed E-state index contributed by atoms with van der Waals surface area (Å²) in [6, 6.07) is 1.68. The Morgan fingerprint density at radius 1 is 0.211 bits per heavy atom. The van der Waals surface area contributed by atoms with Crippen molar-refractivity contribution in [1.29, 1.82) is 0 Å². The highest BCUT2D eigenvalue weighted by molar-refractivity contribution is 4.72. The predicted molar refractivity (Wildman–Crippen MR) is 335 cm³/mol. The summed E-state index contributed by atoms with van der Waals surface area (Å²) >= 11 is 0. The Morgan fingerprint density at radius 3 is 0.737 bits per heavy atom. The van der Waals surface area contributed by atoms with Gasteiger partial charge < -0.3 is 34.3 Å². The average molecular weight is 1080 g/mol. The first-order chi connectivity index (χ1) is 35.9. The van der Waals surface area contributed by atoms with E-state index in [0.29, 0.717) is 0 Å². The molecule has 10 heterocycles. The molecule has 0 saturated carbocycles. The van der Waals surface area contributed by atoms with Crippen molar-refractivity contribution < 1.29 is 0 Å². The lowest BCUT2D eigenvalue weighted by Gasteiger charge is -2.32. The second-order valence-electron chi connectivity index (χ2n) is 26.1. The Labute approximate surface area is 476 Å². The van der Waals surface area contributed by atoms with Gasteiger partial charge >= 0.3 is 0 Å². The standard InChI is InChI=1S/3C7H15N.3C6H14N2.2C6H13N.2C5H12N2/c1-7-3-5-8(2)6-4-7;1-7-4-3-5-8(2)6-7;1-7-5-3-4-6-8(7)2;1-7-3-5-8(2)6-4-7;1-7-4-3-5-8(2)6-7;1-7-5-3-4-6-8(7)2;1-6-3-4-7(2)5-6;1-6-4-3-5-7(6)2;1-6-3-4-7(2)5-6;1-6-4-3-5-7(6)2/h3*7H,3-6H2,1-2H3;3*3-6H2,1-2H3;2*6H,3-5H2,1-2H3;2*3-5H2,1-2H3. The van der Waals surface area contributed by atoms with Crippen molar-refractivity contribution in [3.05, 3.63) is 0 Å². The van der Waals surface area contributed by atoms with Crippen LogP contribution in [0.3, 0.4) is 0 Å². The highest BCUT2D eigenvalue weighted by Crippen LogP contribution is 2.16. The second-order valence-corrected chi connectivity index (χ2v) is 26.1. The molecular weight excluding hydrogens is 943 g/mol. The van der Waals surface area contributed by atoms with Gasteiger partial charge in [0.1, 0.15) is 0 Å².